The standard InChI is InChI=1S/C8H15O7P/c1-2-4-8(7(11)12,15-16(13)14)5-3-6(9)10/h16H,2-5H2,1H3,(H,9,10)(H,11,12)(H,13,14). The summed E-state index contributed by atoms with van der Waals surface area (Å²) in [6, 6.07) is 0. The molecular weight excluding hydrogens is 239 g/mol. The van der Waals surface area contributed by atoms with Crippen molar-refractivity contribution in [3.63, 3.8) is 0 Å². The highest BCUT2D eigenvalue weighted by atomic mass is 31.1. The van der Waals surface area contributed by atoms with Crippen molar-refractivity contribution in [2.75, 3.05) is 0 Å². The van der Waals surface area contributed by atoms with Gasteiger partial charge < -0.3 is 15.1 Å². The van der Waals surface area contributed by atoms with Crippen LogP contribution in [-0.2, 0) is 18.7 Å². The maximum absolute atomic E-state index is 11.0. The average molecular weight is 254 g/mol. The lowest BCUT2D eigenvalue weighted by molar-refractivity contribution is -0.158. The Balaban J connectivity index is 4.84. The molecule has 0 aliphatic rings. The topological polar surface area (TPSA) is 121 Å². The molecule has 0 aliphatic heterocycles. The average Bonchev–Trinajstić information content (AvgIpc) is 2.13. The molecule has 3 N–H and O–H groups in total. The van der Waals surface area contributed by atoms with E-state index in [1.807, 2.05) is 0 Å². The molecule has 7 nitrogen and oxygen atoms in total. The quantitative estimate of drug-likeness (QED) is 0.549. The number of hydrogen-bond acceptors (Lipinski definition) is 4. The summed E-state index contributed by atoms with van der Waals surface area (Å²) in [6.07, 6.45) is -0.364. The van der Waals surface area contributed by atoms with Gasteiger partial charge in [-0.2, -0.15) is 0 Å². The number of rotatable bonds is 8. The fourth-order valence-electron chi connectivity index (χ4n) is 1.36. The Morgan fingerprint density at radius 3 is 2.19 bits per heavy atom. The molecule has 0 heterocycles. The Kier molecular flexibility index (Phi) is 6.25. The summed E-state index contributed by atoms with van der Waals surface area (Å²) < 4.78 is 15.1. The zero-order valence-corrected chi connectivity index (χ0v) is 9.80. The molecule has 2 atom stereocenters. The molecule has 8 heteroatoms. The minimum absolute atomic E-state index is 0.00736. The first-order valence-corrected chi connectivity index (χ1v) is 5.97. The highest BCUT2D eigenvalue weighted by Gasteiger charge is 2.40. The molecule has 0 rings (SSSR count). The largest absolute Gasteiger partial charge is 0.481 e. The van der Waals surface area contributed by atoms with Crippen molar-refractivity contribution in [3.8, 4) is 0 Å². The number of hydrogen-bond donors (Lipinski definition) is 3. The second-order valence-corrected chi connectivity index (χ2v) is 4.05. The third-order valence-corrected chi connectivity index (χ3v) is 2.63. The van der Waals surface area contributed by atoms with E-state index in [1.165, 1.54) is 0 Å². The summed E-state index contributed by atoms with van der Waals surface area (Å²) in [5, 5.41) is 17.4. The van der Waals surface area contributed by atoms with E-state index < -0.39 is 32.2 Å². The molecule has 0 saturated carbocycles. The summed E-state index contributed by atoms with van der Waals surface area (Å²) >= 11 is 0. The van der Waals surface area contributed by atoms with Gasteiger partial charge in [-0.1, -0.05) is 13.3 Å². The molecule has 0 saturated heterocycles. The molecule has 0 aromatic rings. The van der Waals surface area contributed by atoms with Gasteiger partial charge in [-0.05, 0) is 12.8 Å². The zero-order chi connectivity index (χ0) is 12.8. The zero-order valence-electron chi connectivity index (χ0n) is 8.80. The SMILES string of the molecule is CCCC(CCC(=O)O)(O[PH](=O)O)C(=O)O. The maximum Gasteiger partial charge on any atom is 0.336 e. The second-order valence-electron chi connectivity index (χ2n) is 3.31. The van der Waals surface area contributed by atoms with Gasteiger partial charge in [0.25, 0.3) is 0 Å². The van der Waals surface area contributed by atoms with Crippen molar-refractivity contribution in [1.29, 1.82) is 0 Å². The smallest absolute Gasteiger partial charge is 0.336 e. The monoisotopic (exact) mass is 254 g/mol. The van der Waals surface area contributed by atoms with Crippen LogP contribution in [0.2, 0.25) is 0 Å². The van der Waals surface area contributed by atoms with Crippen molar-refractivity contribution >= 4 is 20.2 Å². The summed E-state index contributed by atoms with van der Waals surface area (Å²) in [5.74, 6) is -2.59. The van der Waals surface area contributed by atoms with E-state index in [4.69, 9.17) is 15.1 Å². The molecule has 94 valence electrons. The van der Waals surface area contributed by atoms with Crippen LogP contribution in [0.4, 0.5) is 0 Å². The predicted molar refractivity (Wildman–Crippen MR) is 54.4 cm³/mol. The number of carbonyl (C=O) groups is 2. The molecule has 0 spiro atoms. The molecule has 0 radical (unpaired) electrons. The summed E-state index contributed by atoms with van der Waals surface area (Å²) in [6.45, 7) is 1.68. The van der Waals surface area contributed by atoms with Crippen LogP contribution in [0.3, 0.4) is 0 Å². The lowest BCUT2D eigenvalue weighted by Crippen LogP contribution is -2.40. The fourth-order valence-corrected chi connectivity index (χ4v) is 1.99. The molecule has 0 aromatic carbocycles. The molecule has 0 aliphatic carbocycles. The van der Waals surface area contributed by atoms with Gasteiger partial charge in [-0.25, -0.2) is 4.79 Å². The van der Waals surface area contributed by atoms with Crippen LogP contribution in [-0.4, -0.2) is 32.6 Å². The molecular formula is C8H15O7P. The fraction of sp³-hybridized carbons (Fsp3) is 0.750. The molecule has 16 heavy (non-hydrogen) atoms. The van der Waals surface area contributed by atoms with E-state index in [9.17, 15) is 14.2 Å². The molecule has 2 unspecified atom stereocenters. The van der Waals surface area contributed by atoms with Gasteiger partial charge >= 0.3 is 20.2 Å². The van der Waals surface area contributed by atoms with Crippen molar-refractivity contribution < 1.29 is 33.8 Å². The third kappa shape index (κ3) is 4.74. The van der Waals surface area contributed by atoms with E-state index in [1.54, 1.807) is 6.92 Å². The normalized spacial score (nSPS) is 16.4. The van der Waals surface area contributed by atoms with Crippen molar-refractivity contribution in [1.82, 2.24) is 0 Å². The minimum atomic E-state index is -3.43. The molecule has 0 fully saturated rings. The summed E-state index contributed by atoms with van der Waals surface area (Å²) in [7, 11) is -3.43. The Hall–Kier alpha value is -0.910. The second kappa shape index (κ2) is 6.62. The van der Waals surface area contributed by atoms with Crippen molar-refractivity contribution in [2.24, 2.45) is 0 Å². The van der Waals surface area contributed by atoms with Crippen molar-refractivity contribution in [2.45, 2.75) is 38.2 Å². The van der Waals surface area contributed by atoms with Crippen LogP contribution >= 0.6 is 8.25 Å². The van der Waals surface area contributed by atoms with Crippen molar-refractivity contribution in [3.05, 3.63) is 0 Å². The van der Waals surface area contributed by atoms with Crippen LogP contribution in [0.15, 0.2) is 0 Å². The highest BCUT2D eigenvalue weighted by Crippen LogP contribution is 2.34. The van der Waals surface area contributed by atoms with Gasteiger partial charge in [0.1, 0.15) is 0 Å². The van der Waals surface area contributed by atoms with Gasteiger partial charge in [0.05, 0.1) is 0 Å². The molecule has 0 bridgehead atoms. The van der Waals surface area contributed by atoms with Gasteiger partial charge in [0.15, 0.2) is 5.60 Å². The lowest BCUT2D eigenvalue weighted by Gasteiger charge is -2.27. The Morgan fingerprint density at radius 1 is 1.31 bits per heavy atom. The predicted octanol–water partition coefficient (Wildman–Crippen LogP) is 0.873. The van der Waals surface area contributed by atoms with Gasteiger partial charge in [-0.3, -0.25) is 13.9 Å². The number of carboxylic acids is 2. The summed E-state index contributed by atoms with van der Waals surface area (Å²) in [5.41, 5.74) is -1.88. The van der Waals surface area contributed by atoms with E-state index in [2.05, 4.69) is 4.52 Å². The number of aliphatic carboxylic acids is 2. The van der Waals surface area contributed by atoms with Crippen LogP contribution in [0, 0.1) is 0 Å². The Bertz CT molecular complexity index is 290. The van der Waals surface area contributed by atoms with Crippen LogP contribution < -0.4 is 0 Å². The van der Waals surface area contributed by atoms with E-state index in [0.717, 1.165) is 0 Å². The Labute approximate surface area is 93.0 Å². The molecule has 0 aromatic heterocycles. The summed E-state index contributed by atoms with van der Waals surface area (Å²) in [4.78, 5) is 30.0. The van der Waals surface area contributed by atoms with E-state index in [-0.39, 0.29) is 12.8 Å². The lowest BCUT2D eigenvalue weighted by atomic mass is 9.93. The maximum atomic E-state index is 11.0. The van der Waals surface area contributed by atoms with Crippen LogP contribution in [0.5, 0.6) is 0 Å². The first-order valence-electron chi connectivity index (χ1n) is 4.71. The van der Waals surface area contributed by atoms with Gasteiger partial charge in [-0.15, -0.1) is 0 Å². The first kappa shape index (κ1) is 15.1. The molecule has 0 amide bonds. The Morgan fingerprint density at radius 2 is 1.88 bits per heavy atom. The van der Waals surface area contributed by atoms with Crippen LogP contribution in [0.25, 0.3) is 0 Å². The number of carboxylic acid groups (broad SMARTS) is 2. The first-order chi connectivity index (χ1) is 7.34. The third-order valence-electron chi connectivity index (χ3n) is 2.07. The van der Waals surface area contributed by atoms with Crippen LogP contribution in [0.1, 0.15) is 32.6 Å². The van der Waals surface area contributed by atoms with Gasteiger partial charge in [0.2, 0.25) is 0 Å². The van der Waals surface area contributed by atoms with Gasteiger partial charge in [0, 0.05) is 6.42 Å². The minimum Gasteiger partial charge on any atom is -0.481 e. The highest BCUT2D eigenvalue weighted by molar-refractivity contribution is 7.32. The van der Waals surface area contributed by atoms with E-state index >= 15 is 0 Å². The van der Waals surface area contributed by atoms with E-state index in [0.29, 0.717) is 6.42 Å².